The molecule has 3 heteroatoms. The van der Waals surface area contributed by atoms with Crippen molar-refractivity contribution in [3.63, 3.8) is 0 Å². The van der Waals surface area contributed by atoms with Crippen molar-refractivity contribution >= 4 is 0 Å². The highest BCUT2D eigenvalue weighted by molar-refractivity contribution is 5.50. The highest BCUT2D eigenvalue weighted by atomic mass is 19.1. The van der Waals surface area contributed by atoms with Crippen LogP contribution in [-0.4, -0.2) is 11.7 Å². The summed E-state index contributed by atoms with van der Waals surface area (Å²) in [5.41, 5.74) is 1.49. The van der Waals surface area contributed by atoms with Gasteiger partial charge in [0, 0.05) is 0 Å². The Morgan fingerprint density at radius 3 is 1.39 bits per heavy atom. The Balaban J connectivity index is 2.27. The first-order valence-electron chi connectivity index (χ1n) is 7.35. The van der Waals surface area contributed by atoms with Gasteiger partial charge in [-0.05, 0) is 41.0 Å². The van der Waals surface area contributed by atoms with Crippen LogP contribution in [-0.2, 0) is 5.41 Å². The van der Waals surface area contributed by atoms with Gasteiger partial charge in [0.25, 0.3) is 0 Å². The second-order valence-corrected chi connectivity index (χ2v) is 5.44. The molecule has 0 unspecified atom stereocenters. The minimum atomic E-state index is -0.872. The zero-order valence-electron chi connectivity index (χ0n) is 12.4. The lowest BCUT2D eigenvalue weighted by atomic mass is 9.70. The second kappa shape index (κ2) is 6.31. The van der Waals surface area contributed by atoms with Gasteiger partial charge >= 0.3 is 0 Å². The largest absolute Gasteiger partial charge is 0.395 e. The van der Waals surface area contributed by atoms with Crippen molar-refractivity contribution in [2.75, 3.05) is 6.61 Å². The quantitative estimate of drug-likeness (QED) is 0.713. The van der Waals surface area contributed by atoms with Crippen LogP contribution in [0.25, 0.3) is 0 Å². The summed E-state index contributed by atoms with van der Waals surface area (Å²) in [5, 5.41) is 10.3. The fraction of sp³-hybridized carbons (Fsp3) is 0.100. The van der Waals surface area contributed by atoms with Gasteiger partial charge in [0.2, 0.25) is 0 Å². The monoisotopic (exact) mass is 310 g/mol. The van der Waals surface area contributed by atoms with Crippen molar-refractivity contribution in [2.45, 2.75) is 5.41 Å². The molecule has 0 aliphatic rings. The molecule has 3 aromatic carbocycles. The number of benzene rings is 3. The number of rotatable bonds is 4. The summed E-state index contributed by atoms with van der Waals surface area (Å²) in [6, 6.07) is 21.6. The molecule has 0 bridgehead atoms. The van der Waals surface area contributed by atoms with E-state index in [1.807, 2.05) is 30.3 Å². The van der Waals surface area contributed by atoms with Crippen LogP contribution < -0.4 is 0 Å². The van der Waals surface area contributed by atoms with E-state index in [1.165, 1.54) is 24.3 Å². The number of hydrogen-bond acceptors (Lipinski definition) is 1. The predicted molar refractivity (Wildman–Crippen MR) is 86.2 cm³/mol. The molecule has 0 aromatic heterocycles. The maximum atomic E-state index is 13.3. The Morgan fingerprint density at radius 2 is 1.00 bits per heavy atom. The molecular weight excluding hydrogens is 294 g/mol. The summed E-state index contributed by atoms with van der Waals surface area (Å²) in [6.45, 7) is -0.214. The van der Waals surface area contributed by atoms with Crippen molar-refractivity contribution < 1.29 is 13.9 Å². The first kappa shape index (κ1) is 15.4. The smallest absolute Gasteiger partial charge is 0.123 e. The standard InChI is InChI=1S/C20H16F2O/c21-18-10-6-16(7-11-18)20(14-23,15-4-2-1-3-5-15)17-8-12-19(22)13-9-17/h1-13,23H,14H2. The van der Waals surface area contributed by atoms with E-state index < -0.39 is 5.41 Å². The van der Waals surface area contributed by atoms with Gasteiger partial charge in [0.15, 0.2) is 0 Å². The predicted octanol–water partition coefficient (Wildman–Crippen LogP) is 4.29. The lowest BCUT2D eigenvalue weighted by Crippen LogP contribution is -2.33. The number of aliphatic hydroxyl groups is 1. The molecule has 0 heterocycles. The SMILES string of the molecule is OCC(c1ccccc1)(c1ccc(F)cc1)c1ccc(F)cc1. The molecule has 0 radical (unpaired) electrons. The molecule has 116 valence electrons. The second-order valence-electron chi connectivity index (χ2n) is 5.44. The van der Waals surface area contributed by atoms with E-state index in [-0.39, 0.29) is 18.2 Å². The minimum absolute atomic E-state index is 0.214. The summed E-state index contributed by atoms with van der Waals surface area (Å²) in [7, 11) is 0. The van der Waals surface area contributed by atoms with E-state index in [2.05, 4.69) is 0 Å². The molecule has 1 N–H and O–H groups in total. The van der Waals surface area contributed by atoms with Crippen molar-refractivity contribution in [1.29, 1.82) is 0 Å². The van der Waals surface area contributed by atoms with Gasteiger partial charge in [-0.2, -0.15) is 0 Å². The molecule has 0 aliphatic carbocycles. The topological polar surface area (TPSA) is 20.2 Å². The zero-order chi connectivity index (χ0) is 16.3. The van der Waals surface area contributed by atoms with Crippen molar-refractivity contribution in [3.8, 4) is 0 Å². The van der Waals surface area contributed by atoms with Crippen LogP contribution >= 0.6 is 0 Å². The van der Waals surface area contributed by atoms with Crippen LogP contribution in [0.3, 0.4) is 0 Å². The van der Waals surface area contributed by atoms with E-state index in [9.17, 15) is 13.9 Å². The molecule has 0 amide bonds. The van der Waals surface area contributed by atoms with E-state index in [0.29, 0.717) is 0 Å². The van der Waals surface area contributed by atoms with Gasteiger partial charge < -0.3 is 5.11 Å². The van der Waals surface area contributed by atoms with Crippen molar-refractivity contribution in [3.05, 3.63) is 107 Å². The molecule has 3 aromatic rings. The van der Waals surface area contributed by atoms with Gasteiger partial charge in [-0.15, -0.1) is 0 Å². The van der Waals surface area contributed by atoms with Crippen molar-refractivity contribution in [2.24, 2.45) is 0 Å². The summed E-state index contributed by atoms with van der Waals surface area (Å²) in [5.74, 6) is -0.680. The zero-order valence-corrected chi connectivity index (χ0v) is 12.4. The van der Waals surface area contributed by atoms with Crippen LogP contribution in [0.2, 0.25) is 0 Å². The van der Waals surface area contributed by atoms with Crippen molar-refractivity contribution in [1.82, 2.24) is 0 Å². The van der Waals surface area contributed by atoms with E-state index in [0.717, 1.165) is 16.7 Å². The Kier molecular flexibility index (Phi) is 4.22. The van der Waals surface area contributed by atoms with Crippen LogP contribution in [0.5, 0.6) is 0 Å². The van der Waals surface area contributed by atoms with E-state index in [4.69, 9.17) is 0 Å². The normalized spacial score (nSPS) is 11.4. The average molecular weight is 310 g/mol. The van der Waals surface area contributed by atoms with Gasteiger partial charge in [0.1, 0.15) is 11.6 Å². The lowest BCUT2D eigenvalue weighted by Gasteiger charge is -2.34. The van der Waals surface area contributed by atoms with Gasteiger partial charge in [-0.1, -0.05) is 54.6 Å². The summed E-state index contributed by atoms with van der Waals surface area (Å²) in [6.07, 6.45) is 0. The Morgan fingerprint density at radius 1 is 0.609 bits per heavy atom. The lowest BCUT2D eigenvalue weighted by molar-refractivity contribution is 0.242. The van der Waals surface area contributed by atoms with Crippen LogP contribution in [0.15, 0.2) is 78.9 Å². The third kappa shape index (κ3) is 2.76. The maximum Gasteiger partial charge on any atom is 0.123 e. The first-order valence-corrected chi connectivity index (χ1v) is 7.35. The van der Waals surface area contributed by atoms with Crippen LogP contribution in [0.1, 0.15) is 16.7 Å². The number of hydrogen-bond donors (Lipinski definition) is 1. The molecule has 0 fully saturated rings. The Bertz CT molecular complexity index is 720. The van der Waals surface area contributed by atoms with E-state index in [1.54, 1.807) is 24.3 Å². The molecule has 0 spiro atoms. The van der Waals surface area contributed by atoms with Gasteiger partial charge in [0.05, 0.1) is 12.0 Å². The van der Waals surface area contributed by atoms with Crippen LogP contribution in [0, 0.1) is 11.6 Å². The molecule has 0 saturated carbocycles. The molecule has 1 nitrogen and oxygen atoms in total. The third-order valence-corrected chi connectivity index (χ3v) is 4.18. The van der Waals surface area contributed by atoms with E-state index >= 15 is 0 Å². The molecule has 23 heavy (non-hydrogen) atoms. The number of halogens is 2. The first-order chi connectivity index (χ1) is 11.2. The number of aliphatic hydroxyl groups excluding tert-OH is 1. The summed E-state index contributed by atoms with van der Waals surface area (Å²) >= 11 is 0. The Labute approximate surface area is 133 Å². The van der Waals surface area contributed by atoms with Gasteiger partial charge in [-0.25, -0.2) is 8.78 Å². The molecule has 0 aliphatic heterocycles. The third-order valence-electron chi connectivity index (χ3n) is 4.18. The van der Waals surface area contributed by atoms with Gasteiger partial charge in [-0.3, -0.25) is 0 Å². The molecule has 0 atom stereocenters. The summed E-state index contributed by atoms with van der Waals surface area (Å²) < 4.78 is 26.6. The highest BCUT2D eigenvalue weighted by Crippen LogP contribution is 2.38. The summed E-state index contributed by atoms with van der Waals surface area (Å²) in [4.78, 5) is 0. The average Bonchev–Trinajstić information content (AvgIpc) is 2.60. The molecule has 0 saturated heterocycles. The molecular formula is C20H16F2O. The fourth-order valence-electron chi connectivity index (χ4n) is 2.97. The molecule has 3 rings (SSSR count). The fourth-order valence-corrected chi connectivity index (χ4v) is 2.97. The van der Waals surface area contributed by atoms with Crippen LogP contribution in [0.4, 0.5) is 8.78 Å². The maximum absolute atomic E-state index is 13.3. The highest BCUT2D eigenvalue weighted by Gasteiger charge is 2.35. The minimum Gasteiger partial charge on any atom is -0.395 e. The Hall–Kier alpha value is -2.52.